The molecule has 2 aromatic heterocycles. The minimum atomic E-state index is -0.0651. The van der Waals surface area contributed by atoms with Crippen molar-refractivity contribution in [3.63, 3.8) is 0 Å². The van der Waals surface area contributed by atoms with Gasteiger partial charge in [-0.2, -0.15) is 0 Å². The summed E-state index contributed by atoms with van der Waals surface area (Å²) < 4.78 is 15.8. The summed E-state index contributed by atoms with van der Waals surface area (Å²) in [5.74, 6) is 0. The molecule has 0 atom stereocenters. The van der Waals surface area contributed by atoms with Crippen LogP contribution in [0.2, 0.25) is 0 Å². The Bertz CT molecular complexity index is 5610. The number of rotatable bonds is 7. The summed E-state index contributed by atoms with van der Waals surface area (Å²) in [7, 11) is 0. The Hall–Kier alpha value is -9.51. The first-order chi connectivity index (χ1) is 45.4. The number of nitrogens with zero attached hydrogens (tertiary/aromatic N) is 1. The maximum atomic E-state index is 6.70. The highest BCUT2D eigenvalue weighted by atomic mass is 127. The summed E-state index contributed by atoms with van der Waals surface area (Å²) in [4.78, 5) is 2.39. The molecule has 16 aromatic rings. The van der Waals surface area contributed by atoms with Crippen LogP contribution in [0, 0.1) is 3.57 Å². The summed E-state index contributed by atoms with van der Waals surface area (Å²) in [5.41, 5.74) is 24.8. The number of para-hydroxylation sites is 2. The highest BCUT2D eigenvalue weighted by molar-refractivity contribution is 14.1. The Morgan fingerprint density at radius 3 is 1.41 bits per heavy atom. The van der Waals surface area contributed by atoms with E-state index in [9.17, 15) is 0 Å². The van der Waals surface area contributed by atoms with Crippen LogP contribution in [-0.2, 0) is 10.8 Å². The van der Waals surface area contributed by atoms with E-state index in [1.807, 2.05) is 30.3 Å². The zero-order valence-corrected chi connectivity index (χ0v) is 56.9. The van der Waals surface area contributed by atoms with E-state index in [4.69, 9.17) is 8.83 Å². The van der Waals surface area contributed by atoms with Gasteiger partial charge in [0, 0.05) is 69.2 Å². The maximum absolute atomic E-state index is 6.70. The number of nitrogens with one attached hydrogen (secondary N) is 1. The molecule has 0 fully saturated rings. The predicted molar refractivity (Wildman–Crippen MR) is 407 cm³/mol. The van der Waals surface area contributed by atoms with E-state index in [1.165, 1.54) is 93.7 Å². The molecule has 93 heavy (non-hydrogen) atoms. The smallest absolute Gasteiger partial charge is 0.159 e. The lowest BCUT2D eigenvalue weighted by Gasteiger charge is -2.28. The molecule has 2 aliphatic rings. The lowest BCUT2D eigenvalue weighted by atomic mass is 9.82. The zero-order valence-electron chi connectivity index (χ0n) is 51.6. The molecule has 0 amide bonds. The summed E-state index contributed by atoms with van der Waals surface area (Å²) >= 11 is 9.65. The molecular weight excluding hydrogens is 1380 g/mol. The fraction of sp³-hybridized carbons (Fsp3) is 0.0698. The number of hydrogen-bond acceptors (Lipinski definition) is 4. The summed E-state index contributed by atoms with van der Waals surface area (Å²) in [6, 6.07) is 104. The van der Waals surface area contributed by atoms with Gasteiger partial charge in [-0.15, -0.1) is 0 Å². The van der Waals surface area contributed by atoms with Crippen LogP contribution in [0.3, 0.4) is 0 Å². The second kappa shape index (κ2) is 23.6. The van der Waals surface area contributed by atoms with Crippen LogP contribution in [-0.4, -0.2) is 0 Å². The minimum absolute atomic E-state index is 0.0362. The molecule has 0 bridgehead atoms. The summed E-state index contributed by atoms with van der Waals surface area (Å²) in [6.45, 7) is 9.30. The molecule has 4 nitrogen and oxygen atoms in total. The molecule has 2 heterocycles. The quantitative estimate of drug-likeness (QED) is 0.162. The topological polar surface area (TPSA) is 41.6 Å². The van der Waals surface area contributed by atoms with Gasteiger partial charge < -0.3 is 19.1 Å². The van der Waals surface area contributed by atoms with Crippen LogP contribution in [0.15, 0.2) is 309 Å². The van der Waals surface area contributed by atoms with Gasteiger partial charge in [0.2, 0.25) is 0 Å². The average Bonchev–Trinajstić information content (AvgIpc) is 1.67. The van der Waals surface area contributed by atoms with Crippen LogP contribution in [0.5, 0.6) is 0 Å². The van der Waals surface area contributed by atoms with Crippen molar-refractivity contribution in [3.05, 3.63) is 326 Å². The third-order valence-electron chi connectivity index (χ3n) is 19.0. The number of furan rings is 2. The first-order valence-electron chi connectivity index (χ1n) is 31.5. The van der Waals surface area contributed by atoms with Gasteiger partial charge in [-0.25, -0.2) is 0 Å². The zero-order chi connectivity index (χ0) is 63.1. The highest BCUT2D eigenvalue weighted by Crippen LogP contribution is 2.54. The van der Waals surface area contributed by atoms with Gasteiger partial charge in [0.1, 0.15) is 16.7 Å². The average molecular weight is 1440 g/mol. The number of anilines is 5. The largest absolute Gasteiger partial charge is 0.455 e. The standard InChI is InChI=1S/C43H30BrNO.C31H25N.C12H6BrIO/c1-43(2)35-19-7-6-14-31(35)34-26-28(24-25-36(34)43)45(39-22-10-18-33-41-37(44)20-11-23-40(41)46-42(33)39)38-21-9-16-30-29(15-8-17-32(30)38)27-12-4-3-5-13-27;1-31(2)28-16-7-6-12-25(28)27-20-22(18-19-29(27)31)32-30-17-9-14-24-23(13-8-15-26(24)30)21-10-4-3-5-11-21;13-8-4-2-6-10-11(8)7-3-1-5-9(14)12(7)15-10/h3-26H,1-2H3;3-20,32H,1-2H3;1-6H. The molecule has 2 aliphatic carbocycles. The van der Waals surface area contributed by atoms with Gasteiger partial charge in [-0.05, 0) is 173 Å². The van der Waals surface area contributed by atoms with Crippen LogP contribution in [0.4, 0.5) is 28.4 Å². The minimum Gasteiger partial charge on any atom is -0.455 e. The van der Waals surface area contributed by atoms with Gasteiger partial charge in [0.15, 0.2) is 5.58 Å². The van der Waals surface area contributed by atoms with Crippen molar-refractivity contribution in [3.8, 4) is 44.5 Å². The molecule has 1 N–H and O–H groups in total. The van der Waals surface area contributed by atoms with Crippen molar-refractivity contribution >= 4 is 148 Å². The summed E-state index contributed by atoms with van der Waals surface area (Å²) in [6.07, 6.45) is 0. The Morgan fingerprint density at radius 2 is 0.785 bits per heavy atom. The van der Waals surface area contributed by atoms with Crippen molar-refractivity contribution in [2.75, 3.05) is 10.2 Å². The Balaban J connectivity index is 0.000000125. The highest BCUT2D eigenvalue weighted by Gasteiger charge is 2.37. The van der Waals surface area contributed by atoms with Crippen LogP contribution >= 0.6 is 54.5 Å². The van der Waals surface area contributed by atoms with Gasteiger partial charge in [0.05, 0.1) is 14.9 Å². The maximum Gasteiger partial charge on any atom is 0.159 e. The van der Waals surface area contributed by atoms with E-state index < -0.39 is 0 Å². The van der Waals surface area contributed by atoms with Gasteiger partial charge in [-0.1, -0.05) is 278 Å². The molecular formula is C86H61Br2IN2O2. The van der Waals surface area contributed by atoms with Crippen molar-refractivity contribution < 1.29 is 8.83 Å². The van der Waals surface area contributed by atoms with E-state index in [-0.39, 0.29) is 10.8 Å². The molecule has 0 spiro atoms. The fourth-order valence-electron chi connectivity index (χ4n) is 14.6. The Kier molecular flexibility index (Phi) is 14.8. The van der Waals surface area contributed by atoms with E-state index in [0.29, 0.717) is 0 Å². The molecule has 7 heteroatoms. The molecule has 14 aromatic carbocycles. The van der Waals surface area contributed by atoms with Crippen molar-refractivity contribution in [2.24, 2.45) is 0 Å². The monoisotopic (exact) mass is 1440 g/mol. The first-order valence-corrected chi connectivity index (χ1v) is 34.1. The molecule has 0 saturated heterocycles. The first kappa shape index (κ1) is 58.6. The number of halogens is 3. The lowest BCUT2D eigenvalue weighted by Crippen LogP contribution is -2.15. The second-order valence-corrected chi connectivity index (χ2v) is 28.0. The van der Waals surface area contributed by atoms with Crippen LogP contribution < -0.4 is 10.2 Å². The molecule has 0 radical (unpaired) electrons. The number of fused-ring (bicyclic) bond motifs is 14. The molecule has 18 rings (SSSR count). The van der Waals surface area contributed by atoms with E-state index in [0.717, 1.165) is 79.4 Å². The molecule has 0 saturated carbocycles. The predicted octanol–water partition coefficient (Wildman–Crippen LogP) is 26.5. The van der Waals surface area contributed by atoms with Crippen LogP contribution in [0.1, 0.15) is 49.9 Å². The van der Waals surface area contributed by atoms with Crippen molar-refractivity contribution in [1.82, 2.24) is 0 Å². The van der Waals surface area contributed by atoms with E-state index in [1.54, 1.807) is 0 Å². The lowest BCUT2D eigenvalue weighted by molar-refractivity contribution is 0.660. The SMILES string of the molecule is Brc1cccc2oc3c(I)cccc3c12.CC1(C)c2ccccc2-c2cc(N(c3cccc4c(-c5ccccc5)cccc34)c3cccc4c3oc3cccc(Br)c34)ccc21.CC1(C)c2ccccc2-c2cc(Nc3cccc4c(-c5ccccc5)cccc34)ccc21. The van der Waals surface area contributed by atoms with Crippen LogP contribution in [0.25, 0.3) is 110 Å². The van der Waals surface area contributed by atoms with Gasteiger partial charge in [-0.3, -0.25) is 0 Å². The third kappa shape index (κ3) is 10.1. The number of benzene rings is 14. The fourth-order valence-corrected chi connectivity index (χ4v) is 16.3. The normalized spacial score (nSPS) is 13.1. The molecule has 448 valence electrons. The van der Waals surface area contributed by atoms with Gasteiger partial charge in [0.25, 0.3) is 0 Å². The second-order valence-electron chi connectivity index (χ2n) is 25.1. The van der Waals surface area contributed by atoms with E-state index >= 15 is 0 Å². The van der Waals surface area contributed by atoms with E-state index in [2.05, 4.69) is 353 Å². The number of hydrogen-bond donors (Lipinski definition) is 1. The molecule has 0 unspecified atom stereocenters. The van der Waals surface area contributed by atoms with Gasteiger partial charge >= 0.3 is 0 Å². The van der Waals surface area contributed by atoms with Crippen molar-refractivity contribution in [1.29, 1.82) is 0 Å². The van der Waals surface area contributed by atoms with Crippen molar-refractivity contribution in [2.45, 2.75) is 38.5 Å². The molecule has 0 aliphatic heterocycles. The third-order valence-corrected chi connectivity index (χ3v) is 21.2. The Morgan fingerprint density at radius 1 is 0.344 bits per heavy atom. The Labute approximate surface area is 571 Å². The summed E-state index contributed by atoms with van der Waals surface area (Å²) in [5, 5.41) is 13.1.